The lowest BCUT2D eigenvalue weighted by molar-refractivity contribution is 0.268. The molecular weight excluding hydrogens is 332 g/mol. The second-order valence-corrected chi connectivity index (χ2v) is 7.36. The lowest BCUT2D eigenvalue weighted by Crippen LogP contribution is -2.25. The molecule has 0 aliphatic carbocycles. The Bertz CT molecular complexity index is 898. The maximum absolute atomic E-state index is 12.3. The Labute approximate surface area is 152 Å². The number of hydrogen-bond donors (Lipinski definition) is 0. The first-order chi connectivity index (χ1) is 12.1. The Hall–Kier alpha value is -2.05. The van der Waals surface area contributed by atoms with E-state index in [2.05, 4.69) is 60.0 Å². The van der Waals surface area contributed by atoms with Crippen molar-refractivity contribution in [3.05, 3.63) is 62.5 Å². The van der Waals surface area contributed by atoms with E-state index in [0.29, 0.717) is 11.5 Å². The van der Waals surface area contributed by atoms with Crippen molar-refractivity contribution in [3.8, 4) is 0 Å². The average molecular weight is 356 g/mol. The predicted octanol–water partition coefficient (Wildman–Crippen LogP) is 3.43. The van der Waals surface area contributed by atoms with Gasteiger partial charge in [0.15, 0.2) is 0 Å². The predicted molar refractivity (Wildman–Crippen MR) is 102 cm³/mol. The van der Waals surface area contributed by atoms with Crippen LogP contribution in [0.15, 0.2) is 35.1 Å². The molecule has 25 heavy (non-hydrogen) atoms. The monoisotopic (exact) mass is 356 g/mol. The van der Waals surface area contributed by atoms with E-state index in [1.54, 1.807) is 6.07 Å². The first-order valence-corrected chi connectivity index (χ1v) is 9.57. The first-order valence-electron chi connectivity index (χ1n) is 8.75. The largest absolute Gasteiger partial charge is 0.294 e. The third kappa shape index (κ3) is 4.32. The molecule has 0 aliphatic heterocycles. The molecule has 0 N–H and O–H groups in total. The van der Waals surface area contributed by atoms with E-state index in [-0.39, 0.29) is 5.56 Å². The third-order valence-corrected chi connectivity index (χ3v) is 5.13. The fraction of sp³-hybridized carbons (Fsp3) is 0.421. The van der Waals surface area contributed by atoms with E-state index in [1.807, 2.05) is 0 Å². The van der Waals surface area contributed by atoms with Crippen molar-refractivity contribution in [3.63, 3.8) is 0 Å². The fourth-order valence-corrected chi connectivity index (χ4v) is 3.77. The summed E-state index contributed by atoms with van der Waals surface area (Å²) in [5, 5.41) is 5.33. The number of hydrogen-bond acceptors (Lipinski definition) is 5. The zero-order chi connectivity index (χ0) is 17.8. The van der Waals surface area contributed by atoms with Crippen molar-refractivity contribution in [1.82, 2.24) is 19.5 Å². The van der Waals surface area contributed by atoms with E-state index in [0.717, 1.165) is 36.6 Å². The molecule has 0 spiro atoms. The molecule has 0 fully saturated rings. The molecule has 3 rings (SSSR count). The highest BCUT2D eigenvalue weighted by molar-refractivity contribution is 7.16. The molecular formula is C19H24N4OS. The maximum Gasteiger partial charge on any atom is 0.275 e. The second-order valence-electron chi connectivity index (χ2n) is 6.31. The van der Waals surface area contributed by atoms with Crippen molar-refractivity contribution < 1.29 is 0 Å². The van der Waals surface area contributed by atoms with Crippen LogP contribution in [0.2, 0.25) is 0 Å². The zero-order valence-corrected chi connectivity index (χ0v) is 15.8. The minimum Gasteiger partial charge on any atom is -0.294 e. The third-order valence-electron chi connectivity index (χ3n) is 4.16. The first kappa shape index (κ1) is 17.8. The number of rotatable bonds is 7. The lowest BCUT2D eigenvalue weighted by atomic mass is 10.1. The van der Waals surface area contributed by atoms with E-state index >= 15 is 0 Å². The standard InChI is InChI=1S/C19H24N4OS/c1-4-6-17-21-23-18(24)11-16(20-19(23)25-17)13-22(5-2)12-15-9-7-14(3)8-10-15/h7-11H,4-6,12-13H2,1-3H3. The molecule has 0 bridgehead atoms. The summed E-state index contributed by atoms with van der Waals surface area (Å²) in [6.45, 7) is 8.75. The zero-order valence-electron chi connectivity index (χ0n) is 15.0. The van der Waals surface area contributed by atoms with Crippen LogP contribution in [0.5, 0.6) is 0 Å². The summed E-state index contributed by atoms with van der Waals surface area (Å²) in [7, 11) is 0. The highest BCUT2D eigenvalue weighted by Gasteiger charge is 2.11. The molecule has 2 heterocycles. The molecule has 0 radical (unpaired) electrons. The molecule has 132 valence electrons. The summed E-state index contributed by atoms with van der Waals surface area (Å²) in [6, 6.07) is 10.2. The molecule has 3 aromatic rings. The Kier molecular flexibility index (Phi) is 5.60. The van der Waals surface area contributed by atoms with Crippen LogP contribution in [0.1, 0.15) is 42.1 Å². The summed E-state index contributed by atoms with van der Waals surface area (Å²) >= 11 is 1.51. The molecule has 0 amide bonds. The topological polar surface area (TPSA) is 50.5 Å². The van der Waals surface area contributed by atoms with Gasteiger partial charge in [-0.1, -0.05) is 55.0 Å². The summed E-state index contributed by atoms with van der Waals surface area (Å²) in [5.74, 6) is 0. The van der Waals surface area contributed by atoms with E-state index in [1.165, 1.54) is 27.0 Å². The van der Waals surface area contributed by atoms with Gasteiger partial charge in [0, 0.05) is 25.6 Å². The maximum atomic E-state index is 12.3. The molecule has 0 atom stereocenters. The summed E-state index contributed by atoms with van der Waals surface area (Å²) in [5.41, 5.74) is 3.25. The van der Waals surface area contributed by atoms with Gasteiger partial charge in [0.1, 0.15) is 5.01 Å². The number of fused-ring (bicyclic) bond motifs is 1. The van der Waals surface area contributed by atoms with Crippen molar-refractivity contribution in [1.29, 1.82) is 0 Å². The van der Waals surface area contributed by atoms with Gasteiger partial charge in [-0.25, -0.2) is 4.98 Å². The second kappa shape index (κ2) is 7.89. The Morgan fingerprint density at radius 1 is 1.16 bits per heavy atom. The number of benzene rings is 1. The summed E-state index contributed by atoms with van der Waals surface area (Å²) in [6.07, 6.45) is 1.90. The lowest BCUT2D eigenvalue weighted by Gasteiger charge is -2.20. The quantitative estimate of drug-likeness (QED) is 0.651. The Balaban J connectivity index is 1.80. The minimum absolute atomic E-state index is 0.0926. The van der Waals surface area contributed by atoms with Crippen LogP contribution < -0.4 is 5.56 Å². The van der Waals surface area contributed by atoms with Crippen LogP contribution >= 0.6 is 11.3 Å². The molecule has 5 nitrogen and oxygen atoms in total. The van der Waals surface area contributed by atoms with Gasteiger partial charge in [0.05, 0.1) is 5.69 Å². The van der Waals surface area contributed by atoms with Crippen molar-refractivity contribution in [2.75, 3.05) is 6.54 Å². The van der Waals surface area contributed by atoms with Crippen LogP contribution in [-0.4, -0.2) is 26.0 Å². The van der Waals surface area contributed by atoms with Gasteiger partial charge in [-0.2, -0.15) is 9.61 Å². The minimum atomic E-state index is -0.0926. The van der Waals surface area contributed by atoms with Crippen molar-refractivity contribution in [2.24, 2.45) is 0 Å². The molecule has 0 aliphatic rings. The van der Waals surface area contributed by atoms with Gasteiger partial charge in [-0.05, 0) is 25.5 Å². The van der Waals surface area contributed by atoms with E-state index in [4.69, 9.17) is 0 Å². The van der Waals surface area contributed by atoms with Gasteiger partial charge in [-0.15, -0.1) is 0 Å². The molecule has 6 heteroatoms. The van der Waals surface area contributed by atoms with Gasteiger partial charge in [0.2, 0.25) is 4.96 Å². The van der Waals surface area contributed by atoms with Crippen LogP contribution in [0.4, 0.5) is 0 Å². The number of nitrogens with zero attached hydrogens (tertiary/aromatic N) is 4. The van der Waals surface area contributed by atoms with Crippen LogP contribution in [0.25, 0.3) is 4.96 Å². The van der Waals surface area contributed by atoms with Crippen molar-refractivity contribution in [2.45, 2.75) is 46.7 Å². The van der Waals surface area contributed by atoms with Gasteiger partial charge < -0.3 is 0 Å². The molecule has 1 aromatic carbocycles. The van der Waals surface area contributed by atoms with Gasteiger partial charge in [-0.3, -0.25) is 9.69 Å². The number of aromatic nitrogens is 3. The van der Waals surface area contributed by atoms with Crippen LogP contribution in [0, 0.1) is 6.92 Å². The van der Waals surface area contributed by atoms with Crippen molar-refractivity contribution >= 4 is 16.3 Å². The molecule has 2 aromatic heterocycles. The van der Waals surface area contributed by atoms with Crippen LogP contribution in [-0.2, 0) is 19.5 Å². The SMILES string of the molecule is CCCc1nn2c(=O)cc(CN(CC)Cc3ccc(C)cc3)nc2s1. The Morgan fingerprint density at radius 3 is 2.60 bits per heavy atom. The van der Waals surface area contributed by atoms with Crippen LogP contribution in [0.3, 0.4) is 0 Å². The fourth-order valence-electron chi connectivity index (χ4n) is 2.75. The smallest absolute Gasteiger partial charge is 0.275 e. The highest BCUT2D eigenvalue weighted by Crippen LogP contribution is 2.14. The molecule has 0 saturated carbocycles. The van der Waals surface area contributed by atoms with E-state index in [9.17, 15) is 4.79 Å². The summed E-state index contributed by atoms with van der Waals surface area (Å²) < 4.78 is 1.43. The molecule has 0 saturated heterocycles. The average Bonchev–Trinajstić information content (AvgIpc) is 3.00. The van der Waals surface area contributed by atoms with Gasteiger partial charge >= 0.3 is 0 Å². The normalized spacial score (nSPS) is 11.5. The van der Waals surface area contributed by atoms with E-state index < -0.39 is 0 Å². The Morgan fingerprint density at radius 2 is 1.92 bits per heavy atom. The molecule has 0 unspecified atom stereocenters. The highest BCUT2D eigenvalue weighted by atomic mass is 32.1. The van der Waals surface area contributed by atoms with Gasteiger partial charge in [0.25, 0.3) is 5.56 Å². The summed E-state index contributed by atoms with van der Waals surface area (Å²) in [4.78, 5) is 20.0. The number of aryl methyl sites for hydroxylation is 2.